The molecule has 2 nitrogen and oxygen atoms in total. The van der Waals surface area contributed by atoms with Crippen molar-refractivity contribution in [2.24, 2.45) is 0 Å². The molecule has 0 aliphatic carbocycles. The average molecular weight is 325 g/mol. The highest BCUT2D eigenvalue weighted by atomic mass is 32.1. The molecule has 0 saturated heterocycles. The van der Waals surface area contributed by atoms with Gasteiger partial charge in [0.15, 0.2) is 0 Å². The van der Waals surface area contributed by atoms with E-state index in [0.717, 1.165) is 12.8 Å². The van der Waals surface area contributed by atoms with Crippen molar-refractivity contribution < 1.29 is 9.53 Å². The second kappa shape index (κ2) is 12.7. The Kier molecular flexibility index (Phi) is 11.1. The molecule has 0 radical (unpaired) electrons. The lowest BCUT2D eigenvalue weighted by molar-refractivity contribution is -0.140. The van der Waals surface area contributed by atoms with Crippen LogP contribution in [0.2, 0.25) is 0 Å². The van der Waals surface area contributed by atoms with Crippen LogP contribution < -0.4 is 0 Å². The second-order valence-corrected chi connectivity index (χ2v) is 7.28. The van der Waals surface area contributed by atoms with E-state index in [1.165, 1.54) is 64.9 Å². The van der Waals surface area contributed by atoms with Gasteiger partial charge in [0.2, 0.25) is 0 Å². The van der Waals surface area contributed by atoms with E-state index in [1.54, 1.807) is 9.75 Å². The molecule has 22 heavy (non-hydrogen) atoms. The van der Waals surface area contributed by atoms with Gasteiger partial charge in [-0.15, -0.1) is 11.3 Å². The molecule has 0 bridgehead atoms. The van der Waals surface area contributed by atoms with Crippen molar-refractivity contribution in [3.63, 3.8) is 0 Å². The largest absolute Gasteiger partial charge is 0.469 e. The van der Waals surface area contributed by atoms with Crippen LogP contribution in [0.4, 0.5) is 0 Å². The smallest absolute Gasteiger partial charge is 0.305 e. The molecule has 0 fully saturated rings. The third-order valence-electron chi connectivity index (χ3n) is 4.03. The normalized spacial score (nSPS) is 10.8. The molecule has 0 amide bonds. The van der Waals surface area contributed by atoms with Crippen LogP contribution in [-0.4, -0.2) is 13.1 Å². The summed E-state index contributed by atoms with van der Waals surface area (Å²) in [5.74, 6) is -0.0764. The van der Waals surface area contributed by atoms with E-state index in [0.29, 0.717) is 6.42 Å². The Balaban J connectivity index is 1.97. The molecular weight excluding hydrogens is 292 g/mol. The quantitative estimate of drug-likeness (QED) is 0.332. The second-order valence-electron chi connectivity index (χ2n) is 6.02. The van der Waals surface area contributed by atoms with Crippen molar-refractivity contribution in [3.05, 3.63) is 21.9 Å². The Bertz CT molecular complexity index is 398. The zero-order valence-corrected chi connectivity index (χ0v) is 15.2. The Labute approximate surface area is 140 Å². The summed E-state index contributed by atoms with van der Waals surface area (Å²) < 4.78 is 4.64. The fraction of sp³-hybridized carbons (Fsp3) is 0.737. The summed E-state index contributed by atoms with van der Waals surface area (Å²) in [6, 6.07) is 4.64. The third kappa shape index (κ3) is 9.24. The first kappa shape index (κ1) is 19.2. The average Bonchev–Trinajstić information content (AvgIpc) is 2.97. The maximum absolute atomic E-state index is 11.0. The number of aryl methyl sites for hydroxylation is 2. The van der Waals surface area contributed by atoms with Gasteiger partial charge in [-0.1, -0.05) is 45.4 Å². The summed E-state index contributed by atoms with van der Waals surface area (Å²) in [6.07, 6.45) is 14.3. The molecule has 0 aromatic carbocycles. The number of ether oxygens (including phenoxy) is 1. The van der Waals surface area contributed by atoms with Gasteiger partial charge < -0.3 is 4.74 Å². The molecule has 0 unspecified atom stereocenters. The van der Waals surface area contributed by atoms with Gasteiger partial charge in [-0.25, -0.2) is 0 Å². The van der Waals surface area contributed by atoms with Crippen LogP contribution in [0.25, 0.3) is 0 Å². The molecule has 0 aliphatic heterocycles. The van der Waals surface area contributed by atoms with Crippen LogP contribution in [0.1, 0.15) is 80.9 Å². The number of methoxy groups -OCH3 is 1. The van der Waals surface area contributed by atoms with Crippen molar-refractivity contribution in [1.82, 2.24) is 0 Å². The molecular formula is C19H32O2S. The lowest BCUT2D eigenvalue weighted by atomic mass is 10.1. The number of rotatable bonds is 13. The zero-order valence-electron chi connectivity index (χ0n) is 14.4. The number of thiophene rings is 1. The van der Waals surface area contributed by atoms with Gasteiger partial charge in [-0.2, -0.15) is 0 Å². The maximum atomic E-state index is 11.0. The van der Waals surface area contributed by atoms with Crippen LogP contribution >= 0.6 is 11.3 Å². The fourth-order valence-corrected chi connectivity index (χ4v) is 3.72. The Morgan fingerprint density at radius 2 is 1.45 bits per heavy atom. The molecule has 3 heteroatoms. The molecule has 126 valence electrons. The van der Waals surface area contributed by atoms with Gasteiger partial charge in [0.1, 0.15) is 0 Å². The van der Waals surface area contributed by atoms with E-state index in [4.69, 9.17) is 0 Å². The first-order valence-electron chi connectivity index (χ1n) is 8.90. The minimum Gasteiger partial charge on any atom is -0.469 e. The monoisotopic (exact) mass is 324 g/mol. The SMILES string of the molecule is CCCCCc1ccc(CCCCCCCCC(=O)OC)s1. The predicted octanol–water partition coefficient (Wildman–Crippen LogP) is 5.93. The van der Waals surface area contributed by atoms with E-state index in [1.807, 2.05) is 11.3 Å². The highest BCUT2D eigenvalue weighted by Gasteiger charge is 2.01. The molecule has 1 aromatic rings. The third-order valence-corrected chi connectivity index (χ3v) is 5.23. The van der Waals surface area contributed by atoms with E-state index in [9.17, 15) is 4.79 Å². The number of hydrogen-bond donors (Lipinski definition) is 0. The van der Waals surface area contributed by atoms with Gasteiger partial charge >= 0.3 is 5.97 Å². The van der Waals surface area contributed by atoms with Gasteiger partial charge in [0, 0.05) is 16.2 Å². The minimum atomic E-state index is -0.0764. The van der Waals surface area contributed by atoms with Crippen LogP contribution in [0.3, 0.4) is 0 Å². The molecule has 0 spiro atoms. The Hall–Kier alpha value is -0.830. The molecule has 1 rings (SSSR count). The zero-order chi connectivity index (χ0) is 16.0. The molecule has 1 aromatic heterocycles. The fourth-order valence-electron chi connectivity index (χ4n) is 2.62. The first-order valence-corrected chi connectivity index (χ1v) is 9.72. The van der Waals surface area contributed by atoms with Crippen LogP contribution in [-0.2, 0) is 22.4 Å². The standard InChI is InChI=1S/C19H32O2S/c1-3-4-9-12-17-15-16-18(22-17)13-10-7-5-6-8-11-14-19(20)21-2/h15-16H,3-14H2,1-2H3. The highest BCUT2D eigenvalue weighted by molar-refractivity contribution is 7.11. The van der Waals surface area contributed by atoms with Gasteiger partial charge in [-0.05, 0) is 44.2 Å². The van der Waals surface area contributed by atoms with Gasteiger partial charge in [0.05, 0.1) is 7.11 Å². The first-order chi connectivity index (χ1) is 10.8. The summed E-state index contributed by atoms with van der Waals surface area (Å²) >= 11 is 2.01. The summed E-state index contributed by atoms with van der Waals surface area (Å²) in [6.45, 7) is 2.26. The van der Waals surface area contributed by atoms with Crippen molar-refractivity contribution in [3.8, 4) is 0 Å². The lowest BCUT2D eigenvalue weighted by Gasteiger charge is -2.01. The number of esters is 1. The van der Waals surface area contributed by atoms with Crippen LogP contribution in [0.5, 0.6) is 0 Å². The molecule has 0 saturated carbocycles. The number of carbonyl (C=O) groups is 1. The van der Waals surface area contributed by atoms with Gasteiger partial charge in [-0.3, -0.25) is 4.79 Å². The van der Waals surface area contributed by atoms with E-state index >= 15 is 0 Å². The highest BCUT2D eigenvalue weighted by Crippen LogP contribution is 2.21. The lowest BCUT2D eigenvalue weighted by Crippen LogP contribution is -1.99. The van der Waals surface area contributed by atoms with Crippen LogP contribution in [0, 0.1) is 0 Å². The minimum absolute atomic E-state index is 0.0764. The number of hydrogen-bond acceptors (Lipinski definition) is 3. The Morgan fingerprint density at radius 1 is 0.909 bits per heavy atom. The molecule has 0 N–H and O–H groups in total. The van der Waals surface area contributed by atoms with Crippen molar-refractivity contribution in [2.75, 3.05) is 7.11 Å². The summed E-state index contributed by atoms with van der Waals surface area (Å²) in [5.41, 5.74) is 0. The summed E-state index contributed by atoms with van der Waals surface area (Å²) in [4.78, 5) is 14.1. The van der Waals surface area contributed by atoms with Crippen molar-refractivity contribution in [1.29, 1.82) is 0 Å². The van der Waals surface area contributed by atoms with E-state index in [-0.39, 0.29) is 5.97 Å². The molecule has 0 aliphatic rings. The number of unbranched alkanes of at least 4 members (excludes halogenated alkanes) is 7. The molecule has 0 atom stereocenters. The Morgan fingerprint density at radius 3 is 2.05 bits per heavy atom. The summed E-state index contributed by atoms with van der Waals surface area (Å²) in [5, 5.41) is 0. The maximum Gasteiger partial charge on any atom is 0.305 e. The van der Waals surface area contributed by atoms with Crippen molar-refractivity contribution in [2.45, 2.75) is 84.0 Å². The topological polar surface area (TPSA) is 26.3 Å². The van der Waals surface area contributed by atoms with Gasteiger partial charge in [0.25, 0.3) is 0 Å². The van der Waals surface area contributed by atoms with Crippen LogP contribution in [0.15, 0.2) is 12.1 Å². The molecule has 1 heterocycles. The number of carbonyl (C=O) groups excluding carboxylic acids is 1. The summed E-state index contributed by atoms with van der Waals surface area (Å²) in [7, 11) is 1.46. The van der Waals surface area contributed by atoms with Crippen molar-refractivity contribution >= 4 is 17.3 Å². The van der Waals surface area contributed by atoms with E-state index < -0.39 is 0 Å². The predicted molar refractivity (Wildman–Crippen MR) is 95.6 cm³/mol. The van der Waals surface area contributed by atoms with E-state index in [2.05, 4.69) is 23.8 Å².